The first-order valence-electron chi connectivity index (χ1n) is 6.75. The number of esters is 1. The summed E-state index contributed by atoms with van der Waals surface area (Å²) in [6.07, 6.45) is 0. The van der Waals surface area contributed by atoms with Crippen molar-refractivity contribution < 1.29 is 24.2 Å². The zero-order valence-electron chi connectivity index (χ0n) is 12.8. The molecule has 0 aliphatic carbocycles. The van der Waals surface area contributed by atoms with Gasteiger partial charge in [0, 0.05) is 35.5 Å². The summed E-state index contributed by atoms with van der Waals surface area (Å²) in [6, 6.07) is 8.12. The number of nitro benzene ring substituents is 2. The molecule has 0 atom stereocenters. The maximum Gasteiger partial charge on any atom is 0.338 e. The van der Waals surface area contributed by atoms with Crippen LogP contribution in [0.1, 0.15) is 20.7 Å². The quantitative estimate of drug-likeness (QED) is 0.498. The van der Waals surface area contributed by atoms with Crippen molar-refractivity contribution in [3.8, 4) is 0 Å². The van der Waals surface area contributed by atoms with Crippen molar-refractivity contribution >= 4 is 28.9 Å². The van der Waals surface area contributed by atoms with Gasteiger partial charge in [0.05, 0.1) is 22.5 Å². The van der Waals surface area contributed by atoms with Crippen molar-refractivity contribution in [2.45, 2.75) is 0 Å². The van der Waals surface area contributed by atoms with Crippen LogP contribution in [0.15, 0.2) is 42.5 Å². The number of nitrogens with zero attached hydrogens (tertiary/aromatic N) is 2. The summed E-state index contributed by atoms with van der Waals surface area (Å²) in [4.78, 5) is 44.0. The predicted molar refractivity (Wildman–Crippen MR) is 85.5 cm³/mol. The van der Waals surface area contributed by atoms with Crippen LogP contribution < -0.4 is 5.32 Å². The molecule has 2 rings (SSSR count). The van der Waals surface area contributed by atoms with E-state index in [0.29, 0.717) is 0 Å². The molecular formula is C15H11N3O7. The summed E-state index contributed by atoms with van der Waals surface area (Å²) < 4.78 is 4.51. The largest absolute Gasteiger partial charge is 0.465 e. The highest BCUT2D eigenvalue weighted by atomic mass is 16.6. The molecule has 25 heavy (non-hydrogen) atoms. The molecule has 2 aromatic carbocycles. The van der Waals surface area contributed by atoms with Crippen LogP contribution in [-0.4, -0.2) is 28.8 Å². The lowest BCUT2D eigenvalue weighted by atomic mass is 10.1. The van der Waals surface area contributed by atoms with Gasteiger partial charge in [-0.1, -0.05) is 0 Å². The Morgan fingerprint density at radius 3 is 2.04 bits per heavy atom. The monoisotopic (exact) mass is 345 g/mol. The fraction of sp³-hybridized carbons (Fsp3) is 0.0667. The number of benzene rings is 2. The molecule has 0 aliphatic heterocycles. The van der Waals surface area contributed by atoms with E-state index in [2.05, 4.69) is 10.1 Å². The number of rotatable bonds is 5. The van der Waals surface area contributed by atoms with Gasteiger partial charge in [0.2, 0.25) is 0 Å². The Morgan fingerprint density at radius 2 is 1.52 bits per heavy atom. The minimum atomic E-state index is -0.797. The van der Waals surface area contributed by atoms with Gasteiger partial charge < -0.3 is 10.1 Å². The smallest absolute Gasteiger partial charge is 0.338 e. The maximum absolute atomic E-state index is 12.2. The molecular weight excluding hydrogens is 334 g/mol. The summed E-state index contributed by atoms with van der Waals surface area (Å²) in [6.45, 7) is 0. The van der Waals surface area contributed by atoms with E-state index in [0.717, 1.165) is 31.4 Å². The Bertz CT molecular complexity index is 862. The first-order valence-corrected chi connectivity index (χ1v) is 6.75. The van der Waals surface area contributed by atoms with Gasteiger partial charge in [0.25, 0.3) is 17.3 Å². The Morgan fingerprint density at radius 1 is 0.920 bits per heavy atom. The van der Waals surface area contributed by atoms with Crippen LogP contribution in [0, 0.1) is 20.2 Å². The highest BCUT2D eigenvalue weighted by Gasteiger charge is 2.17. The van der Waals surface area contributed by atoms with Crippen LogP contribution in [0.4, 0.5) is 17.1 Å². The second-order valence-corrected chi connectivity index (χ2v) is 4.78. The molecule has 2 aromatic rings. The average molecular weight is 345 g/mol. The molecule has 0 saturated heterocycles. The number of anilines is 1. The highest BCUT2D eigenvalue weighted by molar-refractivity contribution is 6.05. The third-order valence-electron chi connectivity index (χ3n) is 3.15. The second kappa shape index (κ2) is 7.17. The Hall–Kier alpha value is -3.82. The van der Waals surface area contributed by atoms with Gasteiger partial charge >= 0.3 is 5.97 Å². The molecule has 1 amide bonds. The minimum Gasteiger partial charge on any atom is -0.465 e. The molecule has 0 radical (unpaired) electrons. The van der Waals surface area contributed by atoms with Gasteiger partial charge in [-0.2, -0.15) is 0 Å². The van der Waals surface area contributed by atoms with Gasteiger partial charge in [0.1, 0.15) is 0 Å². The molecule has 0 spiro atoms. The molecule has 0 fully saturated rings. The number of carbonyl (C=O) groups excluding carboxylic acids is 2. The highest BCUT2D eigenvalue weighted by Crippen LogP contribution is 2.22. The maximum atomic E-state index is 12.2. The van der Waals surface area contributed by atoms with Gasteiger partial charge in [-0.15, -0.1) is 0 Å². The van der Waals surface area contributed by atoms with Crippen molar-refractivity contribution in [2.24, 2.45) is 0 Å². The molecule has 0 unspecified atom stereocenters. The van der Waals surface area contributed by atoms with E-state index >= 15 is 0 Å². The number of ether oxygens (including phenoxy) is 1. The standard InChI is InChI=1S/C15H11N3O7/c1-25-15(20)10-6-11(8-13(7-10)18(23)24)16-14(19)9-2-4-12(5-3-9)17(21)22/h2-8H,1H3,(H,16,19). The van der Waals surface area contributed by atoms with E-state index in [4.69, 9.17) is 0 Å². The number of amides is 1. The third-order valence-corrected chi connectivity index (χ3v) is 3.15. The fourth-order valence-electron chi connectivity index (χ4n) is 1.96. The first kappa shape index (κ1) is 17.5. The Balaban J connectivity index is 2.30. The van der Waals surface area contributed by atoms with Gasteiger partial charge in [-0.25, -0.2) is 4.79 Å². The topological polar surface area (TPSA) is 142 Å². The van der Waals surface area contributed by atoms with E-state index in [1.807, 2.05) is 0 Å². The van der Waals surface area contributed by atoms with Crippen LogP contribution in [0.5, 0.6) is 0 Å². The number of nitro groups is 2. The second-order valence-electron chi connectivity index (χ2n) is 4.78. The normalized spacial score (nSPS) is 9.96. The van der Waals surface area contributed by atoms with Crippen LogP contribution in [-0.2, 0) is 4.74 Å². The lowest BCUT2D eigenvalue weighted by Gasteiger charge is -2.07. The van der Waals surface area contributed by atoms with Crippen molar-refractivity contribution in [2.75, 3.05) is 12.4 Å². The van der Waals surface area contributed by atoms with Gasteiger partial charge in [0.15, 0.2) is 0 Å². The molecule has 1 N–H and O–H groups in total. The lowest BCUT2D eigenvalue weighted by Crippen LogP contribution is -2.13. The molecule has 0 heterocycles. The van der Waals surface area contributed by atoms with E-state index < -0.39 is 27.4 Å². The molecule has 10 nitrogen and oxygen atoms in total. The van der Waals surface area contributed by atoms with E-state index in [-0.39, 0.29) is 22.5 Å². The number of hydrogen-bond acceptors (Lipinski definition) is 7. The zero-order chi connectivity index (χ0) is 18.6. The van der Waals surface area contributed by atoms with Gasteiger partial charge in [-0.05, 0) is 18.2 Å². The third kappa shape index (κ3) is 4.13. The summed E-state index contributed by atoms with van der Waals surface area (Å²) >= 11 is 0. The van der Waals surface area contributed by atoms with E-state index in [1.54, 1.807) is 0 Å². The Labute approximate surface area is 140 Å². The lowest BCUT2D eigenvalue weighted by molar-refractivity contribution is -0.385. The van der Waals surface area contributed by atoms with Crippen LogP contribution >= 0.6 is 0 Å². The fourth-order valence-corrected chi connectivity index (χ4v) is 1.96. The number of methoxy groups -OCH3 is 1. The van der Waals surface area contributed by atoms with Crippen LogP contribution in [0.25, 0.3) is 0 Å². The summed E-state index contributed by atoms with van der Waals surface area (Å²) in [7, 11) is 1.12. The summed E-state index contributed by atoms with van der Waals surface area (Å²) in [5, 5.41) is 24.0. The molecule has 0 aromatic heterocycles. The number of hydrogen-bond donors (Lipinski definition) is 1. The van der Waals surface area contributed by atoms with Crippen molar-refractivity contribution in [3.05, 3.63) is 73.8 Å². The van der Waals surface area contributed by atoms with Crippen molar-refractivity contribution in [1.29, 1.82) is 0 Å². The number of non-ortho nitro benzene ring substituents is 2. The number of carbonyl (C=O) groups is 2. The van der Waals surface area contributed by atoms with Crippen molar-refractivity contribution in [3.63, 3.8) is 0 Å². The SMILES string of the molecule is COC(=O)c1cc(NC(=O)c2ccc([N+](=O)[O-])cc2)cc([N+](=O)[O-])c1. The summed E-state index contributed by atoms with van der Waals surface area (Å²) in [5.74, 6) is -1.44. The average Bonchev–Trinajstić information content (AvgIpc) is 2.60. The first-order chi connectivity index (χ1) is 11.8. The molecule has 10 heteroatoms. The van der Waals surface area contributed by atoms with E-state index in [1.165, 1.54) is 18.2 Å². The molecule has 0 aliphatic rings. The Kier molecular flexibility index (Phi) is 5.03. The molecule has 128 valence electrons. The van der Waals surface area contributed by atoms with Crippen molar-refractivity contribution in [1.82, 2.24) is 0 Å². The minimum absolute atomic E-state index is 0.0120. The van der Waals surface area contributed by atoms with Crippen LogP contribution in [0.3, 0.4) is 0 Å². The zero-order valence-corrected chi connectivity index (χ0v) is 12.8. The van der Waals surface area contributed by atoms with E-state index in [9.17, 15) is 29.8 Å². The van der Waals surface area contributed by atoms with Crippen LogP contribution in [0.2, 0.25) is 0 Å². The van der Waals surface area contributed by atoms with Gasteiger partial charge in [-0.3, -0.25) is 25.0 Å². The predicted octanol–water partition coefficient (Wildman–Crippen LogP) is 2.54. The summed E-state index contributed by atoms with van der Waals surface area (Å²) in [5.41, 5.74) is -0.563. The number of nitrogens with one attached hydrogen (secondary N) is 1. The molecule has 0 saturated carbocycles. The molecule has 0 bridgehead atoms.